The Bertz CT molecular complexity index is 532. The van der Waals surface area contributed by atoms with Gasteiger partial charge >= 0.3 is 0 Å². The molecule has 1 aromatic carbocycles. The van der Waals surface area contributed by atoms with E-state index in [4.69, 9.17) is 0 Å². The lowest BCUT2D eigenvalue weighted by molar-refractivity contribution is 0.307. The summed E-state index contributed by atoms with van der Waals surface area (Å²) in [5.41, 5.74) is 2.32. The van der Waals surface area contributed by atoms with E-state index in [9.17, 15) is 0 Å². The molecule has 0 spiro atoms. The van der Waals surface area contributed by atoms with E-state index in [1.807, 2.05) is 6.20 Å². The number of benzene rings is 1. The third-order valence-corrected chi connectivity index (χ3v) is 4.31. The molecule has 0 bridgehead atoms. The van der Waals surface area contributed by atoms with Crippen LogP contribution < -0.4 is 0 Å². The van der Waals surface area contributed by atoms with Gasteiger partial charge in [-0.05, 0) is 66.7 Å². The highest BCUT2D eigenvalue weighted by atomic mass is 127. The van der Waals surface area contributed by atoms with Crippen molar-refractivity contribution >= 4 is 22.6 Å². The summed E-state index contributed by atoms with van der Waals surface area (Å²) in [4.78, 5) is 10.4. The minimum atomic E-state index is 0.461. The van der Waals surface area contributed by atoms with Gasteiger partial charge in [0.15, 0.2) is 0 Å². The highest BCUT2D eigenvalue weighted by molar-refractivity contribution is 14.1. The first-order valence-corrected chi connectivity index (χ1v) is 7.33. The summed E-state index contributed by atoms with van der Waals surface area (Å²) in [6, 6.07) is 8.98. The van der Waals surface area contributed by atoms with Gasteiger partial charge in [0.25, 0.3) is 0 Å². The van der Waals surface area contributed by atoms with E-state index in [2.05, 4.69) is 68.8 Å². The number of halogens is 1. The fourth-order valence-electron chi connectivity index (χ4n) is 2.54. The third kappa shape index (κ3) is 2.31. The summed E-state index contributed by atoms with van der Waals surface area (Å²) in [5, 5.41) is 0. The smallest absolute Gasteiger partial charge is 0.123 e. The maximum Gasteiger partial charge on any atom is 0.123 e. The molecule has 94 valence electrons. The number of aromatic amines is 1. The molecule has 4 heteroatoms. The lowest BCUT2D eigenvalue weighted by Crippen LogP contribution is -2.18. The van der Waals surface area contributed by atoms with Gasteiger partial charge in [-0.2, -0.15) is 0 Å². The second kappa shape index (κ2) is 5.01. The lowest BCUT2D eigenvalue weighted by atomic mass is 10.2. The predicted octanol–water partition coefficient (Wildman–Crippen LogP) is 3.45. The van der Waals surface area contributed by atoms with Crippen molar-refractivity contribution in [3.8, 4) is 11.3 Å². The van der Waals surface area contributed by atoms with Crippen LogP contribution in [0.4, 0.5) is 0 Å². The van der Waals surface area contributed by atoms with Crippen molar-refractivity contribution in [2.24, 2.45) is 0 Å². The van der Waals surface area contributed by atoms with Crippen molar-refractivity contribution in [1.82, 2.24) is 14.9 Å². The molecule has 1 aliphatic heterocycles. The van der Waals surface area contributed by atoms with Gasteiger partial charge in [0.1, 0.15) is 5.82 Å². The molecule has 1 saturated heterocycles. The highest BCUT2D eigenvalue weighted by Crippen LogP contribution is 2.29. The number of aromatic nitrogens is 2. The van der Waals surface area contributed by atoms with E-state index in [1.54, 1.807) is 0 Å². The Balaban J connectivity index is 1.87. The summed E-state index contributed by atoms with van der Waals surface area (Å²) in [6.07, 6.45) is 4.42. The fourth-order valence-corrected chi connectivity index (χ4v) is 2.90. The van der Waals surface area contributed by atoms with Crippen molar-refractivity contribution in [2.45, 2.75) is 18.9 Å². The molecule has 1 aliphatic rings. The maximum absolute atomic E-state index is 4.55. The Morgan fingerprint density at radius 1 is 1.33 bits per heavy atom. The van der Waals surface area contributed by atoms with E-state index >= 15 is 0 Å². The van der Waals surface area contributed by atoms with Crippen molar-refractivity contribution < 1.29 is 0 Å². The quantitative estimate of drug-likeness (QED) is 0.839. The average molecular weight is 353 g/mol. The highest BCUT2D eigenvalue weighted by Gasteiger charge is 2.24. The molecule has 1 N–H and O–H groups in total. The monoisotopic (exact) mass is 353 g/mol. The second-order valence-corrected chi connectivity index (χ2v) is 6.07. The fraction of sp³-hybridized carbons (Fsp3) is 0.357. The van der Waals surface area contributed by atoms with Crippen LogP contribution >= 0.6 is 22.6 Å². The summed E-state index contributed by atoms with van der Waals surface area (Å²) in [7, 11) is 2.17. The van der Waals surface area contributed by atoms with E-state index in [0.29, 0.717) is 6.04 Å². The normalized spacial score (nSPS) is 20.4. The van der Waals surface area contributed by atoms with Crippen LogP contribution in [0.2, 0.25) is 0 Å². The first kappa shape index (κ1) is 12.2. The zero-order chi connectivity index (χ0) is 12.5. The van der Waals surface area contributed by atoms with Crippen LogP contribution in [0, 0.1) is 3.57 Å². The number of hydrogen-bond donors (Lipinski definition) is 1. The first-order valence-electron chi connectivity index (χ1n) is 6.25. The second-order valence-electron chi connectivity index (χ2n) is 4.83. The van der Waals surface area contributed by atoms with Gasteiger partial charge in [0.2, 0.25) is 0 Å². The molecule has 3 nitrogen and oxygen atoms in total. The average Bonchev–Trinajstić information content (AvgIpc) is 2.98. The SMILES string of the molecule is CN1CCC[C@H]1c1ncc(-c2ccc(I)cc2)[nH]1. The molecule has 0 unspecified atom stereocenters. The number of nitrogens with zero attached hydrogens (tertiary/aromatic N) is 2. The van der Waals surface area contributed by atoms with E-state index in [-0.39, 0.29) is 0 Å². The molecule has 0 radical (unpaired) electrons. The van der Waals surface area contributed by atoms with Crippen LogP contribution in [0.25, 0.3) is 11.3 Å². The van der Waals surface area contributed by atoms with Gasteiger partial charge in [0.05, 0.1) is 17.9 Å². The van der Waals surface area contributed by atoms with Gasteiger partial charge in [0, 0.05) is 3.57 Å². The number of rotatable bonds is 2. The molecular formula is C14H16IN3. The Hall–Kier alpha value is -0.880. The summed E-state index contributed by atoms with van der Waals surface area (Å²) >= 11 is 2.32. The molecule has 0 aliphatic carbocycles. The van der Waals surface area contributed by atoms with Gasteiger partial charge in [-0.25, -0.2) is 4.98 Å². The molecule has 3 rings (SSSR count). The van der Waals surface area contributed by atoms with Gasteiger partial charge in [-0.3, -0.25) is 4.90 Å². The lowest BCUT2D eigenvalue weighted by Gasteiger charge is -2.16. The van der Waals surface area contributed by atoms with Crippen LogP contribution in [0.3, 0.4) is 0 Å². The van der Waals surface area contributed by atoms with Crippen LogP contribution in [0.15, 0.2) is 30.5 Å². The van der Waals surface area contributed by atoms with Crippen molar-refractivity contribution in [2.75, 3.05) is 13.6 Å². The minimum Gasteiger partial charge on any atom is -0.341 e. The molecular weight excluding hydrogens is 337 g/mol. The van der Waals surface area contributed by atoms with Crippen LogP contribution in [0.1, 0.15) is 24.7 Å². The minimum absolute atomic E-state index is 0.461. The summed E-state index contributed by atoms with van der Waals surface area (Å²) in [5.74, 6) is 1.10. The molecule has 2 heterocycles. The Morgan fingerprint density at radius 2 is 2.11 bits per heavy atom. The molecule has 18 heavy (non-hydrogen) atoms. The summed E-state index contributed by atoms with van der Waals surface area (Å²) < 4.78 is 1.26. The molecule has 1 atom stereocenters. The molecule has 1 fully saturated rings. The Morgan fingerprint density at radius 3 is 2.78 bits per heavy atom. The Kier molecular flexibility index (Phi) is 3.39. The third-order valence-electron chi connectivity index (χ3n) is 3.59. The van der Waals surface area contributed by atoms with Crippen LogP contribution in [-0.2, 0) is 0 Å². The zero-order valence-electron chi connectivity index (χ0n) is 10.4. The zero-order valence-corrected chi connectivity index (χ0v) is 12.5. The number of imidazole rings is 1. The number of nitrogens with one attached hydrogen (secondary N) is 1. The molecule has 0 saturated carbocycles. The van der Waals surface area contributed by atoms with Crippen LogP contribution in [0.5, 0.6) is 0 Å². The van der Waals surface area contributed by atoms with Crippen molar-refractivity contribution in [3.63, 3.8) is 0 Å². The van der Waals surface area contributed by atoms with Crippen molar-refractivity contribution in [1.29, 1.82) is 0 Å². The van der Waals surface area contributed by atoms with Crippen molar-refractivity contribution in [3.05, 3.63) is 39.9 Å². The van der Waals surface area contributed by atoms with E-state index in [0.717, 1.165) is 11.5 Å². The van der Waals surface area contributed by atoms with Gasteiger partial charge in [-0.1, -0.05) is 12.1 Å². The van der Waals surface area contributed by atoms with Crippen LogP contribution in [-0.4, -0.2) is 28.5 Å². The predicted molar refractivity (Wildman–Crippen MR) is 81.3 cm³/mol. The standard InChI is InChI=1S/C14H16IN3/c1-18-8-2-3-13(18)14-16-9-12(17-14)10-4-6-11(15)7-5-10/h4-7,9,13H,2-3,8H2,1H3,(H,16,17)/t13-/m0/s1. The number of H-pyrrole nitrogens is 1. The molecule has 0 amide bonds. The largest absolute Gasteiger partial charge is 0.341 e. The number of hydrogen-bond acceptors (Lipinski definition) is 2. The van der Waals surface area contributed by atoms with E-state index in [1.165, 1.54) is 28.5 Å². The van der Waals surface area contributed by atoms with Gasteiger partial charge in [-0.15, -0.1) is 0 Å². The topological polar surface area (TPSA) is 31.9 Å². The first-order chi connectivity index (χ1) is 8.74. The summed E-state index contributed by atoms with van der Waals surface area (Å²) in [6.45, 7) is 1.17. The van der Waals surface area contributed by atoms with E-state index < -0.39 is 0 Å². The molecule has 2 aromatic rings. The Labute approximate surface area is 121 Å². The molecule has 1 aromatic heterocycles. The maximum atomic E-state index is 4.55. The van der Waals surface area contributed by atoms with Gasteiger partial charge < -0.3 is 4.98 Å². The number of likely N-dealkylation sites (tertiary alicyclic amines) is 1.